The van der Waals surface area contributed by atoms with Crippen molar-refractivity contribution in [3.05, 3.63) is 0 Å². The molecule has 0 aromatic rings. The Bertz CT molecular complexity index is 414. The lowest BCUT2D eigenvalue weighted by Crippen LogP contribution is -2.40. The lowest BCUT2D eigenvalue weighted by Gasteiger charge is -2.24. The summed E-state index contributed by atoms with van der Waals surface area (Å²) < 4.78 is 0. The highest BCUT2D eigenvalue weighted by molar-refractivity contribution is 5.80. The van der Waals surface area contributed by atoms with E-state index in [4.69, 9.17) is 4.99 Å². The Morgan fingerprint density at radius 1 is 1.04 bits per heavy atom. The van der Waals surface area contributed by atoms with E-state index in [0.717, 1.165) is 36.9 Å². The summed E-state index contributed by atoms with van der Waals surface area (Å²) in [5.41, 5.74) is 0. The van der Waals surface area contributed by atoms with Gasteiger partial charge < -0.3 is 15.1 Å². The van der Waals surface area contributed by atoms with Gasteiger partial charge >= 0.3 is 0 Å². The molecule has 2 atom stereocenters. The van der Waals surface area contributed by atoms with Gasteiger partial charge in [-0.05, 0) is 56.9 Å². The highest BCUT2D eigenvalue weighted by Gasteiger charge is 2.34. The highest BCUT2D eigenvalue weighted by atomic mass is 15.3. The SMILES string of the molecule is CCNC(=NCC1CCN(C2CC2)C1)N1CCC(C(CC)CC)C1. The van der Waals surface area contributed by atoms with Crippen LogP contribution in [0.25, 0.3) is 0 Å². The number of hydrogen-bond acceptors (Lipinski definition) is 2. The van der Waals surface area contributed by atoms with Gasteiger partial charge in [0.25, 0.3) is 0 Å². The molecular formula is C20H38N4. The Hall–Kier alpha value is -0.770. The predicted octanol–water partition coefficient (Wildman–Crippen LogP) is 3.19. The Morgan fingerprint density at radius 2 is 1.83 bits per heavy atom. The molecule has 3 fully saturated rings. The first-order valence-corrected chi connectivity index (χ1v) is 10.5. The van der Waals surface area contributed by atoms with E-state index < -0.39 is 0 Å². The lowest BCUT2D eigenvalue weighted by atomic mass is 9.87. The maximum Gasteiger partial charge on any atom is 0.193 e. The van der Waals surface area contributed by atoms with Crippen LogP contribution in [0.3, 0.4) is 0 Å². The van der Waals surface area contributed by atoms with Gasteiger partial charge in [0.05, 0.1) is 0 Å². The van der Waals surface area contributed by atoms with Crippen molar-refractivity contribution < 1.29 is 0 Å². The number of likely N-dealkylation sites (tertiary alicyclic amines) is 2. The number of nitrogens with zero attached hydrogens (tertiary/aromatic N) is 3. The summed E-state index contributed by atoms with van der Waals surface area (Å²) >= 11 is 0. The van der Waals surface area contributed by atoms with Gasteiger partial charge in [0.2, 0.25) is 0 Å². The second-order valence-electron chi connectivity index (χ2n) is 8.15. The van der Waals surface area contributed by atoms with Gasteiger partial charge in [-0.15, -0.1) is 0 Å². The molecule has 1 N–H and O–H groups in total. The van der Waals surface area contributed by atoms with Crippen LogP contribution in [-0.4, -0.2) is 61.1 Å². The Balaban J connectivity index is 1.52. The molecule has 0 radical (unpaired) electrons. The summed E-state index contributed by atoms with van der Waals surface area (Å²) in [6.45, 7) is 13.9. The number of nitrogens with one attached hydrogen (secondary N) is 1. The third-order valence-corrected chi connectivity index (χ3v) is 6.45. The molecule has 2 aliphatic heterocycles. The normalized spacial score (nSPS) is 29.0. The summed E-state index contributed by atoms with van der Waals surface area (Å²) in [7, 11) is 0. The number of aliphatic imine (C=N–C) groups is 1. The van der Waals surface area contributed by atoms with Crippen LogP contribution in [0.1, 0.15) is 59.3 Å². The van der Waals surface area contributed by atoms with Crippen LogP contribution in [0.4, 0.5) is 0 Å². The molecule has 0 aromatic heterocycles. The van der Waals surface area contributed by atoms with E-state index in [9.17, 15) is 0 Å². The molecule has 4 heteroatoms. The van der Waals surface area contributed by atoms with E-state index in [2.05, 4.69) is 35.9 Å². The molecule has 4 nitrogen and oxygen atoms in total. The fourth-order valence-corrected chi connectivity index (χ4v) is 4.74. The maximum atomic E-state index is 5.04. The van der Waals surface area contributed by atoms with Crippen LogP contribution >= 0.6 is 0 Å². The van der Waals surface area contributed by atoms with E-state index in [-0.39, 0.29) is 0 Å². The molecule has 2 unspecified atom stereocenters. The average molecular weight is 335 g/mol. The first-order chi connectivity index (χ1) is 11.7. The van der Waals surface area contributed by atoms with Crippen LogP contribution < -0.4 is 5.32 Å². The minimum atomic E-state index is 0.775. The first-order valence-electron chi connectivity index (χ1n) is 10.5. The molecule has 24 heavy (non-hydrogen) atoms. The van der Waals surface area contributed by atoms with Crippen LogP contribution in [0.2, 0.25) is 0 Å². The van der Waals surface area contributed by atoms with E-state index in [0.29, 0.717) is 0 Å². The van der Waals surface area contributed by atoms with E-state index in [1.54, 1.807) is 0 Å². The van der Waals surface area contributed by atoms with Gasteiger partial charge in [-0.25, -0.2) is 0 Å². The first kappa shape index (κ1) is 18.0. The van der Waals surface area contributed by atoms with Gasteiger partial charge in [-0.3, -0.25) is 4.99 Å². The van der Waals surface area contributed by atoms with Crippen LogP contribution in [-0.2, 0) is 0 Å². The topological polar surface area (TPSA) is 30.9 Å². The van der Waals surface area contributed by atoms with E-state index in [1.165, 1.54) is 70.7 Å². The molecule has 3 aliphatic rings. The molecule has 0 amide bonds. The van der Waals surface area contributed by atoms with Crippen molar-refractivity contribution in [1.82, 2.24) is 15.1 Å². The zero-order chi connectivity index (χ0) is 16.9. The number of hydrogen-bond donors (Lipinski definition) is 1. The van der Waals surface area contributed by atoms with Gasteiger partial charge in [0, 0.05) is 38.8 Å². The van der Waals surface area contributed by atoms with Crippen molar-refractivity contribution in [2.75, 3.05) is 39.3 Å². The van der Waals surface area contributed by atoms with E-state index >= 15 is 0 Å². The quantitative estimate of drug-likeness (QED) is 0.573. The summed E-state index contributed by atoms with van der Waals surface area (Å²) in [6, 6.07) is 0.923. The minimum Gasteiger partial charge on any atom is -0.357 e. The molecular weight excluding hydrogens is 296 g/mol. The van der Waals surface area contributed by atoms with Crippen molar-refractivity contribution in [3.63, 3.8) is 0 Å². The summed E-state index contributed by atoms with van der Waals surface area (Å²) in [6.07, 6.45) is 8.20. The molecule has 138 valence electrons. The second kappa shape index (κ2) is 8.55. The second-order valence-corrected chi connectivity index (χ2v) is 8.15. The third-order valence-electron chi connectivity index (χ3n) is 6.45. The van der Waals surface area contributed by atoms with Crippen molar-refractivity contribution in [3.8, 4) is 0 Å². The molecule has 0 aromatic carbocycles. The van der Waals surface area contributed by atoms with Crippen molar-refractivity contribution >= 4 is 5.96 Å². The fraction of sp³-hybridized carbons (Fsp3) is 0.950. The van der Waals surface area contributed by atoms with Crippen LogP contribution in [0.5, 0.6) is 0 Å². The number of guanidine groups is 1. The Kier molecular flexibility index (Phi) is 6.43. The Labute approximate surface area is 149 Å². The lowest BCUT2D eigenvalue weighted by molar-refractivity contribution is 0.314. The van der Waals surface area contributed by atoms with Crippen LogP contribution in [0.15, 0.2) is 4.99 Å². The summed E-state index contributed by atoms with van der Waals surface area (Å²) in [5, 5.41) is 3.55. The Morgan fingerprint density at radius 3 is 2.50 bits per heavy atom. The smallest absolute Gasteiger partial charge is 0.193 e. The van der Waals surface area contributed by atoms with Crippen molar-refractivity contribution in [1.29, 1.82) is 0 Å². The summed E-state index contributed by atoms with van der Waals surface area (Å²) in [4.78, 5) is 10.3. The van der Waals surface area contributed by atoms with Crippen LogP contribution in [0, 0.1) is 17.8 Å². The van der Waals surface area contributed by atoms with Crippen molar-refractivity contribution in [2.45, 2.75) is 65.3 Å². The standard InChI is InChI=1S/C20H38N4/c1-4-17(5-2)18-10-12-24(15-18)20(21-6-3)22-13-16-9-11-23(14-16)19-7-8-19/h16-19H,4-15H2,1-3H3,(H,21,22). The molecule has 3 rings (SSSR count). The van der Waals surface area contributed by atoms with Gasteiger partial charge in [0.1, 0.15) is 0 Å². The molecule has 0 bridgehead atoms. The van der Waals surface area contributed by atoms with Gasteiger partial charge in [-0.1, -0.05) is 26.7 Å². The highest BCUT2D eigenvalue weighted by Crippen LogP contribution is 2.32. The molecule has 2 heterocycles. The average Bonchev–Trinajstić information content (AvgIpc) is 3.14. The zero-order valence-corrected chi connectivity index (χ0v) is 16.1. The predicted molar refractivity (Wildman–Crippen MR) is 102 cm³/mol. The van der Waals surface area contributed by atoms with E-state index in [1.807, 2.05) is 0 Å². The van der Waals surface area contributed by atoms with Gasteiger partial charge in [0.15, 0.2) is 5.96 Å². The monoisotopic (exact) mass is 334 g/mol. The third kappa shape index (κ3) is 4.44. The minimum absolute atomic E-state index is 0.775. The summed E-state index contributed by atoms with van der Waals surface area (Å²) in [5.74, 6) is 3.70. The number of rotatable bonds is 7. The zero-order valence-electron chi connectivity index (χ0n) is 16.1. The fourth-order valence-electron chi connectivity index (χ4n) is 4.74. The molecule has 1 saturated carbocycles. The van der Waals surface area contributed by atoms with Crippen molar-refractivity contribution in [2.24, 2.45) is 22.7 Å². The molecule has 0 spiro atoms. The molecule has 1 aliphatic carbocycles. The molecule has 2 saturated heterocycles. The van der Waals surface area contributed by atoms with Gasteiger partial charge in [-0.2, -0.15) is 0 Å². The maximum absolute atomic E-state index is 5.04. The largest absolute Gasteiger partial charge is 0.357 e.